The molecule has 0 radical (unpaired) electrons. The first-order valence-electron chi connectivity index (χ1n) is 3.59. The van der Waals surface area contributed by atoms with Crippen LogP contribution in [0.15, 0.2) is 10.8 Å². The number of hydrogen-bond acceptors (Lipinski definition) is 2. The first-order chi connectivity index (χ1) is 4.72. The van der Waals surface area contributed by atoms with Gasteiger partial charge in [-0.15, -0.1) is 0 Å². The third kappa shape index (κ3) is 3.28. The van der Waals surface area contributed by atoms with Gasteiger partial charge in [0.2, 0.25) is 0 Å². The van der Waals surface area contributed by atoms with E-state index in [-0.39, 0.29) is 0 Å². The van der Waals surface area contributed by atoms with Crippen LogP contribution in [0.4, 0.5) is 0 Å². The SMILES string of the molecule is CCC.Cc1conc1C. The predicted molar refractivity (Wildman–Crippen MR) is 41.9 cm³/mol. The molecule has 0 N–H and O–H groups in total. The molecule has 0 amide bonds. The highest BCUT2D eigenvalue weighted by Crippen LogP contribution is 1.99. The van der Waals surface area contributed by atoms with Crippen LogP contribution in [0.2, 0.25) is 0 Å². The van der Waals surface area contributed by atoms with Crippen LogP contribution >= 0.6 is 0 Å². The van der Waals surface area contributed by atoms with Crippen molar-refractivity contribution in [1.82, 2.24) is 5.16 Å². The van der Waals surface area contributed by atoms with E-state index < -0.39 is 0 Å². The Hall–Kier alpha value is -0.790. The Labute approximate surface area is 62.2 Å². The minimum absolute atomic E-state index is 0.972. The lowest BCUT2D eigenvalue weighted by Crippen LogP contribution is -1.69. The van der Waals surface area contributed by atoms with Crippen molar-refractivity contribution < 1.29 is 4.52 Å². The molecule has 10 heavy (non-hydrogen) atoms. The standard InChI is InChI=1S/C5H7NO.C3H8/c1-4-3-7-6-5(4)2;1-3-2/h3H,1-2H3;3H2,1-2H3. The van der Waals surface area contributed by atoms with E-state index in [1.54, 1.807) is 6.26 Å². The van der Waals surface area contributed by atoms with Gasteiger partial charge in [-0.25, -0.2) is 0 Å². The van der Waals surface area contributed by atoms with E-state index in [9.17, 15) is 0 Å². The number of hydrogen-bond donors (Lipinski definition) is 0. The molecule has 58 valence electrons. The van der Waals surface area contributed by atoms with Crippen LogP contribution in [0.25, 0.3) is 0 Å². The van der Waals surface area contributed by atoms with Gasteiger partial charge in [-0.05, 0) is 13.8 Å². The molecule has 0 unspecified atom stereocenters. The molecule has 1 aromatic heterocycles. The minimum atomic E-state index is 0.972. The second-order valence-electron chi connectivity index (χ2n) is 2.29. The fourth-order valence-corrected chi connectivity index (χ4v) is 0.342. The molecule has 1 heterocycles. The average Bonchev–Trinajstić information content (AvgIpc) is 2.19. The largest absolute Gasteiger partial charge is 0.364 e. The molecule has 0 saturated carbocycles. The number of aryl methyl sites for hydroxylation is 2. The van der Waals surface area contributed by atoms with Crippen LogP contribution in [-0.2, 0) is 0 Å². The van der Waals surface area contributed by atoms with E-state index in [1.165, 1.54) is 6.42 Å². The van der Waals surface area contributed by atoms with E-state index >= 15 is 0 Å². The lowest BCUT2D eigenvalue weighted by atomic mass is 10.3. The fourth-order valence-electron chi connectivity index (χ4n) is 0.342. The normalized spacial score (nSPS) is 8.40. The lowest BCUT2D eigenvalue weighted by Gasteiger charge is -1.74. The lowest BCUT2D eigenvalue weighted by molar-refractivity contribution is 0.414. The molecular formula is C8H15NO. The summed E-state index contributed by atoms with van der Waals surface area (Å²) >= 11 is 0. The molecule has 0 bridgehead atoms. The summed E-state index contributed by atoms with van der Waals surface area (Å²) in [5.41, 5.74) is 2.08. The van der Waals surface area contributed by atoms with Crippen molar-refractivity contribution >= 4 is 0 Å². The van der Waals surface area contributed by atoms with Crippen LogP contribution in [-0.4, -0.2) is 5.16 Å². The molecule has 0 atom stereocenters. The second-order valence-corrected chi connectivity index (χ2v) is 2.29. The summed E-state index contributed by atoms with van der Waals surface area (Å²) in [5, 5.41) is 3.64. The maximum atomic E-state index is 4.59. The van der Waals surface area contributed by atoms with Crippen molar-refractivity contribution in [2.45, 2.75) is 34.1 Å². The summed E-state index contributed by atoms with van der Waals surface area (Å²) in [6.07, 6.45) is 2.88. The molecule has 0 fully saturated rings. The number of nitrogens with zero attached hydrogens (tertiary/aromatic N) is 1. The molecule has 0 spiro atoms. The average molecular weight is 141 g/mol. The number of rotatable bonds is 0. The maximum absolute atomic E-state index is 4.59. The van der Waals surface area contributed by atoms with Gasteiger partial charge in [0.15, 0.2) is 0 Å². The Morgan fingerprint density at radius 2 is 1.90 bits per heavy atom. The Bertz CT molecular complexity index is 153. The van der Waals surface area contributed by atoms with Gasteiger partial charge < -0.3 is 4.52 Å². The van der Waals surface area contributed by atoms with Crippen LogP contribution < -0.4 is 0 Å². The first kappa shape index (κ1) is 9.21. The second kappa shape index (κ2) is 5.03. The topological polar surface area (TPSA) is 26.0 Å². The predicted octanol–water partition coefficient (Wildman–Crippen LogP) is 2.71. The molecule has 0 aliphatic rings. The Balaban J connectivity index is 0.000000236. The summed E-state index contributed by atoms with van der Waals surface area (Å²) < 4.78 is 4.59. The van der Waals surface area contributed by atoms with E-state index in [2.05, 4.69) is 23.5 Å². The van der Waals surface area contributed by atoms with Crippen LogP contribution in [0.3, 0.4) is 0 Å². The highest BCUT2D eigenvalue weighted by Gasteiger charge is 1.90. The van der Waals surface area contributed by atoms with Crippen molar-refractivity contribution in [1.29, 1.82) is 0 Å². The summed E-state index contributed by atoms with van der Waals surface area (Å²) in [6, 6.07) is 0. The van der Waals surface area contributed by atoms with Crippen LogP contribution in [0.1, 0.15) is 31.5 Å². The van der Waals surface area contributed by atoms with E-state index in [1.807, 2.05) is 13.8 Å². The van der Waals surface area contributed by atoms with Crippen molar-refractivity contribution in [2.24, 2.45) is 0 Å². The molecular weight excluding hydrogens is 126 g/mol. The van der Waals surface area contributed by atoms with E-state index in [0.29, 0.717) is 0 Å². The molecule has 2 heteroatoms. The molecule has 2 nitrogen and oxygen atoms in total. The molecule has 0 aromatic carbocycles. The summed E-state index contributed by atoms with van der Waals surface area (Å²) in [7, 11) is 0. The Kier molecular flexibility index (Phi) is 4.63. The zero-order valence-corrected chi connectivity index (χ0v) is 7.14. The third-order valence-corrected chi connectivity index (χ3v) is 0.990. The molecule has 0 aliphatic heterocycles. The Morgan fingerprint density at radius 1 is 1.40 bits per heavy atom. The van der Waals surface area contributed by atoms with Gasteiger partial charge in [-0.2, -0.15) is 0 Å². The molecule has 1 aromatic rings. The smallest absolute Gasteiger partial charge is 0.126 e. The summed E-state index contributed by atoms with van der Waals surface area (Å²) in [6.45, 7) is 8.13. The van der Waals surface area contributed by atoms with Gasteiger partial charge >= 0.3 is 0 Å². The zero-order valence-electron chi connectivity index (χ0n) is 7.14. The molecule has 0 aliphatic carbocycles. The highest BCUT2D eigenvalue weighted by atomic mass is 16.5. The summed E-state index contributed by atoms with van der Waals surface area (Å²) in [5.74, 6) is 0. The van der Waals surface area contributed by atoms with Crippen molar-refractivity contribution in [3.8, 4) is 0 Å². The zero-order chi connectivity index (χ0) is 7.98. The van der Waals surface area contributed by atoms with E-state index in [0.717, 1.165) is 11.3 Å². The quantitative estimate of drug-likeness (QED) is 0.555. The van der Waals surface area contributed by atoms with Gasteiger partial charge in [0.25, 0.3) is 0 Å². The fraction of sp³-hybridized carbons (Fsp3) is 0.625. The molecule has 0 saturated heterocycles. The van der Waals surface area contributed by atoms with Gasteiger partial charge in [0.05, 0.1) is 5.69 Å². The molecule has 1 rings (SSSR count). The van der Waals surface area contributed by atoms with Gasteiger partial charge in [-0.1, -0.05) is 25.4 Å². The highest BCUT2D eigenvalue weighted by molar-refractivity contribution is 5.08. The Morgan fingerprint density at radius 3 is 2.00 bits per heavy atom. The first-order valence-corrected chi connectivity index (χ1v) is 3.59. The monoisotopic (exact) mass is 141 g/mol. The van der Waals surface area contributed by atoms with Crippen molar-refractivity contribution in [2.75, 3.05) is 0 Å². The van der Waals surface area contributed by atoms with Gasteiger partial charge in [0.1, 0.15) is 6.26 Å². The number of aromatic nitrogens is 1. The van der Waals surface area contributed by atoms with Crippen LogP contribution in [0, 0.1) is 13.8 Å². The van der Waals surface area contributed by atoms with Gasteiger partial charge in [0, 0.05) is 5.56 Å². The van der Waals surface area contributed by atoms with Crippen LogP contribution in [0.5, 0.6) is 0 Å². The minimum Gasteiger partial charge on any atom is -0.364 e. The van der Waals surface area contributed by atoms with Crippen molar-refractivity contribution in [3.63, 3.8) is 0 Å². The van der Waals surface area contributed by atoms with Crippen molar-refractivity contribution in [3.05, 3.63) is 17.5 Å². The summed E-state index contributed by atoms with van der Waals surface area (Å²) in [4.78, 5) is 0. The maximum Gasteiger partial charge on any atom is 0.126 e. The van der Waals surface area contributed by atoms with Gasteiger partial charge in [-0.3, -0.25) is 0 Å². The third-order valence-electron chi connectivity index (χ3n) is 0.990. The van der Waals surface area contributed by atoms with E-state index in [4.69, 9.17) is 0 Å².